The Bertz CT molecular complexity index is 532. The summed E-state index contributed by atoms with van der Waals surface area (Å²) in [6, 6.07) is 5.53. The van der Waals surface area contributed by atoms with Gasteiger partial charge in [-0.3, -0.25) is 0 Å². The van der Waals surface area contributed by atoms with Crippen LogP contribution in [0.4, 0.5) is 11.6 Å². The number of rotatable bonds is 5. The Hall–Kier alpha value is -1.37. The normalized spacial score (nSPS) is 10.6. The summed E-state index contributed by atoms with van der Waals surface area (Å²) in [6.07, 6.45) is 0. The van der Waals surface area contributed by atoms with Crippen molar-refractivity contribution >= 4 is 34.6 Å². The molecule has 0 unspecified atom stereocenters. The molecule has 2 aromatic heterocycles. The van der Waals surface area contributed by atoms with Crippen LogP contribution in [-0.2, 0) is 17.9 Å². The number of halogens is 1. The molecule has 0 bridgehead atoms. The van der Waals surface area contributed by atoms with E-state index in [4.69, 9.17) is 22.1 Å². The van der Waals surface area contributed by atoms with Gasteiger partial charge in [-0.25, -0.2) is 9.97 Å². The number of methoxy groups -OCH3 is 1. The fraction of sp³-hybridized carbons (Fsp3) is 0.273. The van der Waals surface area contributed by atoms with Gasteiger partial charge in [-0.15, -0.1) is 11.3 Å². The number of aromatic nitrogens is 2. The summed E-state index contributed by atoms with van der Waals surface area (Å²) >= 11 is 7.39. The van der Waals surface area contributed by atoms with Gasteiger partial charge in [0.25, 0.3) is 0 Å². The van der Waals surface area contributed by atoms with Crippen LogP contribution < -0.4 is 11.1 Å². The molecule has 0 fully saturated rings. The number of nitrogen functional groups attached to an aromatic ring is 1. The quantitative estimate of drug-likeness (QED) is 0.883. The molecule has 96 valence electrons. The predicted molar refractivity (Wildman–Crippen MR) is 73.8 cm³/mol. The van der Waals surface area contributed by atoms with E-state index < -0.39 is 0 Å². The first-order valence-corrected chi connectivity index (χ1v) is 6.47. The molecule has 7 heteroatoms. The minimum absolute atomic E-state index is 0.338. The molecule has 0 spiro atoms. The van der Waals surface area contributed by atoms with Crippen LogP contribution in [0.15, 0.2) is 18.2 Å². The molecule has 0 aliphatic carbocycles. The van der Waals surface area contributed by atoms with E-state index in [1.54, 1.807) is 13.2 Å². The first kappa shape index (κ1) is 13.1. The van der Waals surface area contributed by atoms with Crippen LogP contribution in [0.5, 0.6) is 0 Å². The topological polar surface area (TPSA) is 73.1 Å². The molecule has 0 atom stereocenters. The van der Waals surface area contributed by atoms with Crippen molar-refractivity contribution in [2.24, 2.45) is 0 Å². The van der Waals surface area contributed by atoms with Gasteiger partial charge in [-0.05, 0) is 12.1 Å². The summed E-state index contributed by atoms with van der Waals surface area (Å²) in [7, 11) is 1.59. The molecular formula is C11H13ClN4OS. The Morgan fingerprint density at radius 2 is 2.28 bits per heavy atom. The van der Waals surface area contributed by atoms with Gasteiger partial charge in [0.2, 0.25) is 0 Å². The highest BCUT2D eigenvalue weighted by molar-refractivity contribution is 7.16. The Morgan fingerprint density at radius 3 is 2.94 bits per heavy atom. The van der Waals surface area contributed by atoms with Crippen LogP contribution in [-0.4, -0.2) is 17.1 Å². The van der Waals surface area contributed by atoms with Crippen LogP contribution in [0.1, 0.15) is 10.7 Å². The SMILES string of the molecule is COCc1nc(N)cc(NCc2ccc(Cl)s2)n1. The highest BCUT2D eigenvalue weighted by atomic mass is 35.5. The van der Waals surface area contributed by atoms with Gasteiger partial charge in [0.1, 0.15) is 18.2 Å². The minimum atomic E-state index is 0.338. The van der Waals surface area contributed by atoms with Crippen LogP contribution in [0.3, 0.4) is 0 Å². The van der Waals surface area contributed by atoms with Crippen molar-refractivity contribution in [1.82, 2.24) is 9.97 Å². The van der Waals surface area contributed by atoms with Crippen LogP contribution >= 0.6 is 22.9 Å². The fourth-order valence-electron chi connectivity index (χ4n) is 1.43. The first-order valence-electron chi connectivity index (χ1n) is 5.28. The standard InChI is InChI=1S/C11H13ClN4OS/c1-17-6-11-15-9(13)4-10(16-11)14-5-7-2-3-8(12)18-7/h2-4H,5-6H2,1H3,(H3,13,14,15,16). The van der Waals surface area contributed by atoms with E-state index >= 15 is 0 Å². The van der Waals surface area contributed by atoms with E-state index in [1.807, 2.05) is 12.1 Å². The van der Waals surface area contributed by atoms with Gasteiger partial charge >= 0.3 is 0 Å². The molecule has 2 heterocycles. The third kappa shape index (κ3) is 3.56. The molecule has 0 aromatic carbocycles. The number of hydrogen-bond acceptors (Lipinski definition) is 6. The van der Waals surface area contributed by atoms with Crippen molar-refractivity contribution in [2.45, 2.75) is 13.2 Å². The van der Waals surface area contributed by atoms with Gasteiger partial charge in [0.05, 0.1) is 10.9 Å². The minimum Gasteiger partial charge on any atom is -0.384 e. The van der Waals surface area contributed by atoms with Gasteiger partial charge in [0, 0.05) is 18.1 Å². The second kappa shape index (κ2) is 5.99. The molecule has 2 aromatic rings. The second-order valence-corrected chi connectivity index (χ2v) is 5.39. The van der Waals surface area contributed by atoms with Gasteiger partial charge in [-0.2, -0.15) is 0 Å². The number of nitrogens with two attached hydrogens (primary N) is 1. The van der Waals surface area contributed by atoms with Crippen LogP contribution in [0, 0.1) is 0 Å². The lowest BCUT2D eigenvalue weighted by Crippen LogP contribution is -2.06. The highest BCUT2D eigenvalue weighted by Gasteiger charge is 2.03. The highest BCUT2D eigenvalue weighted by Crippen LogP contribution is 2.22. The number of hydrogen-bond donors (Lipinski definition) is 2. The van der Waals surface area contributed by atoms with E-state index in [0.29, 0.717) is 30.6 Å². The van der Waals surface area contributed by atoms with Crippen molar-refractivity contribution in [3.05, 3.63) is 33.2 Å². The molecule has 0 saturated carbocycles. The van der Waals surface area contributed by atoms with Gasteiger partial charge < -0.3 is 15.8 Å². The number of thiophene rings is 1. The molecule has 0 aliphatic rings. The zero-order chi connectivity index (χ0) is 13.0. The zero-order valence-electron chi connectivity index (χ0n) is 9.81. The predicted octanol–water partition coefficient (Wildman–Crippen LogP) is 2.53. The maximum absolute atomic E-state index is 5.86. The number of ether oxygens (including phenoxy) is 1. The Kier molecular flexibility index (Phi) is 4.35. The molecule has 2 rings (SSSR count). The van der Waals surface area contributed by atoms with Crippen LogP contribution in [0.2, 0.25) is 4.34 Å². The summed E-state index contributed by atoms with van der Waals surface area (Å²) in [5, 5.41) is 3.18. The molecule has 0 radical (unpaired) electrons. The van der Waals surface area contributed by atoms with Crippen molar-refractivity contribution in [2.75, 3.05) is 18.2 Å². The first-order chi connectivity index (χ1) is 8.67. The van der Waals surface area contributed by atoms with Crippen molar-refractivity contribution in [3.8, 4) is 0 Å². The fourth-order valence-corrected chi connectivity index (χ4v) is 2.45. The summed E-state index contributed by atoms with van der Waals surface area (Å²) in [4.78, 5) is 9.49. The lowest BCUT2D eigenvalue weighted by atomic mass is 10.4. The maximum atomic E-state index is 5.86. The van der Waals surface area contributed by atoms with Gasteiger partial charge in [-0.1, -0.05) is 11.6 Å². The summed E-state index contributed by atoms with van der Waals surface area (Å²) in [5.41, 5.74) is 5.70. The third-order valence-electron chi connectivity index (χ3n) is 2.14. The average molecular weight is 285 g/mol. The molecule has 0 amide bonds. The van der Waals surface area contributed by atoms with E-state index in [-0.39, 0.29) is 0 Å². The monoisotopic (exact) mass is 284 g/mol. The number of nitrogens with zero attached hydrogens (tertiary/aromatic N) is 2. The average Bonchev–Trinajstić information content (AvgIpc) is 2.72. The van der Waals surface area contributed by atoms with E-state index in [0.717, 1.165) is 9.21 Å². The number of nitrogens with one attached hydrogen (secondary N) is 1. The largest absolute Gasteiger partial charge is 0.384 e. The van der Waals surface area contributed by atoms with Crippen molar-refractivity contribution in [3.63, 3.8) is 0 Å². The molecule has 18 heavy (non-hydrogen) atoms. The Labute approximate surface area is 114 Å². The second-order valence-electron chi connectivity index (χ2n) is 3.59. The summed E-state index contributed by atoms with van der Waals surface area (Å²) in [5.74, 6) is 1.66. The lowest BCUT2D eigenvalue weighted by molar-refractivity contribution is 0.178. The Morgan fingerprint density at radius 1 is 1.44 bits per heavy atom. The van der Waals surface area contributed by atoms with Crippen LogP contribution in [0.25, 0.3) is 0 Å². The molecule has 3 N–H and O–H groups in total. The Balaban J connectivity index is 2.04. The maximum Gasteiger partial charge on any atom is 0.158 e. The third-order valence-corrected chi connectivity index (χ3v) is 3.37. The smallest absolute Gasteiger partial charge is 0.158 e. The molecule has 0 aliphatic heterocycles. The molecule has 0 saturated heterocycles. The zero-order valence-corrected chi connectivity index (χ0v) is 11.4. The van der Waals surface area contributed by atoms with E-state index in [2.05, 4.69) is 15.3 Å². The van der Waals surface area contributed by atoms with Crippen molar-refractivity contribution in [1.29, 1.82) is 0 Å². The lowest BCUT2D eigenvalue weighted by Gasteiger charge is -2.07. The van der Waals surface area contributed by atoms with Crippen molar-refractivity contribution < 1.29 is 4.74 Å². The molecular weight excluding hydrogens is 272 g/mol. The number of anilines is 2. The van der Waals surface area contributed by atoms with E-state index in [1.165, 1.54) is 11.3 Å². The van der Waals surface area contributed by atoms with E-state index in [9.17, 15) is 0 Å². The summed E-state index contributed by atoms with van der Waals surface area (Å²) < 4.78 is 5.75. The molecule has 5 nitrogen and oxygen atoms in total. The summed E-state index contributed by atoms with van der Waals surface area (Å²) in [6.45, 7) is 0.991. The van der Waals surface area contributed by atoms with Gasteiger partial charge in [0.15, 0.2) is 5.82 Å².